The smallest absolute Gasteiger partial charge is 0.142 e. The van der Waals surface area contributed by atoms with Crippen molar-refractivity contribution in [2.24, 2.45) is 0 Å². The Morgan fingerprint density at radius 3 is 2.75 bits per heavy atom. The summed E-state index contributed by atoms with van der Waals surface area (Å²) in [5.41, 5.74) is 0.126. The van der Waals surface area contributed by atoms with E-state index in [1.807, 2.05) is 5.92 Å². The van der Waals surface area contributed by atoms with Gasteiger partial charge in [-0.2, -0.15) is 0 Å². The van der Waals surface area contributed by atoms with E-state index in [1.165, 1.54) is 12.1 Å². The highest BCUT2D eigenvalue weighted by molar-refractivity contribution is 9.10. The molecule has 1 N–H and O–H groups in total. The van der Waals surface area contributed by atoms with Crippen molar-refractivity contribution in [2.75, 3.05) is 0 Å². The standard InChI is InChI=1S/C9H6BrFO/c1-2-9(12)7-4-3-6(10)5-8(7)11/h1,3-5,9,12H. The lowest BCUT2D eigenvalue weighted by molar-refractivity contribution is 0.233. The molecule has 1 unspecified atom stereocenters. The number of rotatable bonds is 1. The van der Waals surface area contributed by atoms with Crippen LogP contribution in [0.1, 0.15) is 11.7 Å². The first-order valence-corrected chi connectivity index (χ1v) is 4.03. The highest BCUT2D eigenvalue weighted by atomic mass is 79.9. The SMILES string of the molecule is C#CC(O)c1ccc(Br)cc1F. The van der Waals surface area contributed by atoms with E-state index in [-0.39, 0.29) is 5.56 Å². The number of terminal acetylenes is 1. The van der Waals surface area contributed by atoms with E-state index in [9.17, 15) is 4.39 Å². The second-order valence-electron chi connectivity index (χ2n) is 2.24. The van der Waals surface area contributed by atoms with Gasteiger partial charge in [-0.3, -0.25) is 0 Å². The molecule has 0 saturated carbocycles. The maximum atomic E-state index is 13.0. The molecule has 62 valence electrons. The lowest BCUT2D eigenvalue weighted by Gasteiger charge is -2.04. The Morgan fingerprint density at radius 1 is 1.58 bits per heavy atom. The van der Waals surface area contributed by atoms with Crippen LogP contribution in [0.25, 0.3) is 0 Å². The first kappa shape index (κ1) is 9.24. The fourth-order valence-corrected chi connectivity index (χ4v) is 1.15. The van der Waals surface area contributed by atoms with Crippen LogP contribution in [0.3, 0.4) is 0 Å². The van der Waals surface area contributed by atoms with Crippen molar-refractivity contribution in [3.05, 3.63) is 34.1 Å². The van der Waals surface area contributed by atoms with Gasteiger partial charge in [-0.15, -0.1) is 6.42 Å². The Morgan fingerprint density at radius 2 is 2.25 bits per heavy atom. The molecule has 1 aromatic rings. The third-order valence-electron chi connectivity index (χ3n) is 1.41. The zero-order valence-electron chi connectivity index (χ0n) is 6.09. The predicted molar refractivity (Wildman–Crippen MR) is 47.9 cm³/mol. The van der Waals surface area contributed by atoms with Crippen molar-refractivity contribution in [1.82, 2.24) is 0 Å². The average molecular weight is 229 g/mol. The van der Waals surface area contributed by atoms with Gasteiger partial charge in [0, 0.05) is 10.0 Å². The normalized spacial score (nSPS) is 12.2. The zero-order valence-corrected chi connectivity index (χ0v) is 7.68. The van der Waals surface area contributed by atoms with E-state index in [2.05, 4.69) is 15.9 Å². The Labute approximate surface area is 78.4 Å². The van der Waals surface area contributed by atoms with Gasteiger partial charge >= 0.3 is 0 Å². The van der Waals surface area contributed by atoms with Crippen molar-refractivity contribution >= 4 is 15.9 Å². The maximum absolute atomic E-state index is 13.0. The molecule has 0 aromatic heterocycles. The fraction of sp³-hybridized carbons (Fsp3) is 0.111. The van der Waals surface area contributed by atoms with Gasteiger partial charge in [0.2, 0.25) is 0 Å². The molecule has 1 aromatic carbocycles. The molecule has 0 bridgehead atoms. The van der Waals surface area contributed by atoms with E-state index in [4.69, 9.17) is 11.5 Å². The zero-order chi connectivity index (χ0) is 9.14. The molecular formula is C9H6BrFO. The Bertz CT molecular complexity index is 330. The summed E-state index contributed by atoms with van der Waals surface area (Å²) in [6.07, 6.45) is 3.76. The minimum atomic E-state index is -1.17. The number of benzene rings is 1. The molecule has 1 nitrogen and oxygen atoms in total. The van der Waals surface area contributed by atoms with E-state index < -0.39 is 11.9 Å². The quantitative estimate of drug-likeness (QED) is 0.732. The lowest BCUT2D eigenvalue weighted by Crippen LogP contribution is -1.96. The maximum Gasteiger partial charge on any atom is 0.142 e. The van der Waals surface area contributed by atoms with Crippen LogP contribution in [0.15, 0.2) is 22.7 Å². The first-order chi connectivity index (χ1) is 5.65. The molecule has 0 aliphatic heterocycles. The monoisotopic (exact) mass is 228 g/mol. The molecule has 0 heterocycles. The van der Waals surface area contributed by atoms with Crippen molar-refractivity contribution in [3.63, 3.8) is 0 Å². The number of aliphatic hydroxyl groups is 1. The van der Waals surface area contributed by atoms with Crippen LogP contribution in [-0.2, 0) is 0 Å². The molecule has 3 heteroatoms. The van der Waals surface area contributed by atoms with Crippen LogP contribution in [0.4, 0.5) is 4.39 Å². The topological polar surface area (TPSA) is 20.2 Å². The second kappa shape index (κ2) is 3.70. The summed E-state index contributed by atoms with van der Waals surface area (Å²) in [7, 11) is 0. The van der Waals surface area contributed by atoms with Crippen LogP contribution in [0.5, 0.6) is 0 Å². The summed E-state index contributed by atoms with van der Waals surface area (Å²) in [4.78, 5) is 0. The molecule has 0 aliphatic carbocycles. The average Bonchev–Trinajstić information content (AvgIpc) is 2.03. The van der Waals surface area contributed by atoms with E-state index >= 15 is 0 Å². The third-order valence-corrected chi connectivity index (χ3v) is 1.91. The Hall–Kier alpha value is -0.850. The largest absolute Gasteiger partial charge is 0.376 e. The highest BCUT2D eigenvalue weighted by Crippen LogP contribution is 2.20. The number of hydrogen-bond donors (Lipinski definition) is 1. The lowest BCUT2D eigenvalue weighted by atomic mass is 10.1. The molecule has 0 spiro atoms. The summed E-state index contributed by atoms with van der Waals surface area (Å²) in [6.45, 7) is 0. The summed E-state index contributed by atoms with van der Waals surface area (Å²) in [5.74, 6) is 1.54. The summed E-state index contributed by atoms with van der Waals surface area (Å²) in [6, 6.07) is 4.33. The Balaban J connectivity index is 3.11. The summed E-state index contributed by atoms with van der Waals surface area (Å²) in [5, 5.41) is 9.11. The molecule has 0 radical (unpaired) electrons. The van der Waals surface area contributed by atoms with Gasteiger partial charge in [0.25, 0.3) is 0 Å². The number of hydrogen-bond acceptors (Lipinski definition) is 1. The van der Waals surface area contributed by atoms with Gasteiger partial charge in [0.15, 0.2) is 0 Å². The minimum absolute atomic E-state index is 0.126. The third kappa shape index (κ3) is 1.84. The summed E-state index contributed by atoms with van der Waals surface area (Å²) < 4.78 is 13.6. The van der Waals surface area contributed by atoms with Gasteiger partial charge in [0.05, 0.1) is 0 Å². The van der Waals surface area contributed by atoms with Crippen molar-refractivity contribution in [1.29, 1.82) is 0 Å². The van der Waals surface area contributed by atoms with Gasteiger partial charge in [-0.1, -0.05) is 27.9 Å². The van der Waals surface area contributed by atoms with E-state index in [0.717, 1.165) is 0 Å². The molecule has 0 fully saturated rings. The molecule has 1 rings (SSSR count). The second-order valence-corrected chi connectivity index (χ2v) is 3.15. The Kier molecular flexibility index (Phi) is 2.85. The number of halogens is 2. The summed E-state index contributed by atoms with van der Waals surface area (Å²) >= 11 is 3.09. The first-order valence-electron chi connectivity index (χ1n) is 3.24. The molecule has 0 amide bonds. The van der Waals surface area contributed by atoms with E-state index in [0.29, 0.717) is 4.47 Å². The van der Waals surface area contributed by atoms with Crippen LogP contribution in [0.2, 0.25) is 0 Å². The van der Waals surface area contributed by atoms with Gasteiger partial charge in [0.1, 0.15) is 11.9 Å². The molecule has 12 heavy (non-hydrogen) atoms. The van der Waals surface area contributed by atoms with Gasteiger partial charge in [-0.25, -0.2) is 4.39 Å². The van der Waals surface area contributed by atoms with Crippen molar-refractivity contribution in [3.8, 4) is 12.3 Å². The van der Waals surface area contributed by atoms with Gasteiger partial charge < -0.3 is 5.11 Å². The minimum Gasteiger partial charge on any atom is -0.376 e. The van der Waals surface area contributed by atoms with Crippen LogP contribution >= 0.6 is 15.9 Å². The van der Waals surface area contributed by atoms with Crippen LogP contribution in [-0.4, -0.2) is 5.11 Å². The predicted octanol–water partition coefficient (Wildman–Crippen LogP) is 2.25. The molecule has 1 atom stereocenters. The van der Waals surface area contributed by atoms with E-state index in [1.54, 1.807) is 6.07 Å². The molecule has 0 saturated heterocycles. The fourth-order valence-electron chi connectivity index (χ4n) is 0.813. The van der Waals surface area contributed by atoms with Crippen molar-refractivity contribution in [2.45, 2.75) is 6.10 Å². The van der Waals surface area contributed by atoms with Gasteiger partial charge in [-0.05, 0) is 12.1 Å². The van der Waals surface area contributed by atoms with Crippen LogP contribution < -0.4 is 0 Å². The number of aliphatic hydroxyl groups excluding tert-OH is 1. The molecular weight excluding hydrogens is 223 g/mol. The van der Waals surface area contributed by atoms with Crippen LogP contribution in [0, 0.1) is 18.2 Å². The van der Waals surface area contributed by atoms with Crippen molar-refractivity contribution < 1.29 is 9.50 Å². The molecule has 0 aliphatic rings. The highest BCUT2D eigenvalue weighted by Gasteiger charge is 2.09.